The van der Waals surface area contributed by atoms with Crippen LogP contribution in [-0.2, 0) is 4.84 Å². The van der Waals surface area contributed by atoms with Crippen LogP contribution in [0.2, 0.25) is 0 Å². The molecular formula is C4H3F3NOS. The van der Waals surface area contributed by atoms with Crippen molar-refractivity contribution in [3.63, 3.8) is 0 Å². The van der Waals surface area contributed by atoms with Gasteiger partial charge in [0.05, 0.1) is 6.54 Å². The van der Waals surface area contributed by atoms with E-state index in [1.54, 1.807) is 0 Å². The summed E-state index contributed by atoms with van der Waals surface area (Å²) in [6, 6.07) is 0. The Kier molecular flexibility index (Phi) is 2.22. The Balaban J connectivity index is 2.26. The van der Waals surface area contributed by atoms with Gasteiger partial charge < -0.3 is 0 Å². The van der Waals surface area contributed by atoms with E-state index >= 15 is 0 Å². The quantitative estimate of drug-likeness (QED) is 0.556. The van der Waals surface area contributed by atoms with Crippen LogP contribution < -0.4 is 0 Å². The summed E-state index contributed by atoms with van der Waals surface area (Å²) in [7, 11) is 0. The van der Waals surface area contributed by atoms with Gasteiger partial charge in [0.25, 0.3) is 0 Å². The van der Waals surface area contributed by atoms with Crippen molar-refractivity contribution in [2.45, 2.75) is 6.36 Å². The Bertz CT molecular complexity index is 138. The first-order valence-corrected chi connectivity index (χ1v) is 3.13. The van der Waals surface area contributed by atoms with Crippen LogP contribution in [0.4, 0.5) is 13.2 Å². The fourth-order valence-corrected chi connectivity index (χ4v) is 0.954. The van der Waals surface area contributed by atoms with Crippen molar-refractivity contribution in [1.82, 2.24) is 4.47 Å². The first kappa shape index (κ1) is 7.90. The van der Waals surface area contributed by atoms with E-state index in [4.69, 9.17) is 0 Å². The highest BCUT2D eigenvalue weighted by atomic mass is 32.2. The molecule has 2 nitrogen and oxygen atoms in total. The molecule has 0 aromatic heterocycles. The second kappa shape index (κ2) is 2.81. The zero-order chi connectivity index (χ0) is 7.61. The number of nitrogens with zero attached hydrogens (tertiary/aromatic N) is 1. The molecule has 1 rings (SSSR count). The molecule has 0 aliphatic carbocycles. The van der Waals surface area contributed by atoms with Crippen LogP contribution in [0, 0.1) is 5.41 Å². The molecule has 0 saturated carbocycles. The number of rotatable bonds is 1. The molecule has 0 amide bonds. The van der Waals surface area contributed by atoms with Crippen molar-refractivity contribution < 1.29 is 18.0 Å². The number of halogens is 3. The van der Waals surface area contributed by atoms with Crippen LogP contribution in [0.5, 0.6) is 0 Å². The Morgan fingerprint density at radius 2 is 2.30 bits per heavy atom. The minimum absolute atomic E-state index is 0.115. The van der Waals surface area contributed by atoms with Crippen molar-refractivity contribution in [2.75, 3.05) is 6.54 Å². The molecule has 57 valence electrons. The molecule has 1 aliphatic heterocycles. The molecule has 0 spiro atoms. The van der Waals surface area contributed by atoms with E-state index in [9.17, 15) is 13.2 Å². The maximum Gasteiger partial charge on any atom is 0.539 e. The second-order valence-electron chi connectivity index (χ2n) is 1.47. The van der Waals surface area contributed by atoms with Crippen molar-refractivity contribution >= 4 is 11.9 Å². The van der Waals surface area contributed by atoms with Gasteiger partial charge in [0.1, 0.15) is 0 Å². The number of hydrogen-bond donors (Lipinski definition) is 0. The fraction of sp³-hybridized carbons (Fsp3) is 0.500. The molecule has 10 heavy (non-hydrogen) atoms. The Morgan fingerprint density at radius 3 is 2.70 bits per heavy atom. The van der Waals surface area contributed by atoms with Crippen molar-refractivity contribution in [2.24, 2.45) is 0 Å². The van der Waals surface area contributed by atoms with Gasteiger partial charge in [-0.05, 0) is 11.9 Å². The van der Waals surface area contributed by atoms with E-state index in [1.807, 2.05) is 0 Å². The standard InChI is InChI=1S/C4H3F3NOS/c5-4(6,7)9-8-2-1-3-10-8/h1H,2H2. The third-order valence-corrected chi connectivity index (χ3v) is 1.38. The normalized spacial score (nSPS) is 20.3. The number of hydrogen-bond acceptors (Lipinski definition) is 3. The number of hydroxylamine groups is 1. The van der Waals surface area contributed by atoms with Gasteiger partial charge in [-0.15, -0.1) is 17.6 Å². The van der Waals surface area contributed by atoms with Crippen LogP contribution in [0.1, 0.15) is 0 Å². The molecule has 1 aliphatic rings. The van der Waals surface area contributed by atoms with Crippen LogP contribution in [0.3, 0.4) is 0 Å². The molecule has 1 radical (unpaired) electrons. The molecule has 0 fully saturated rings. The van der Waals surface area contributed by atoms with Gasteiger partial charge in [-0.3, -0.25) is 0 Å². The van der Waals surface area contributed by atoms with E-state index in [-0.39, 0.29) is 6.54 Å². The van der Waals surface area contributed by atoms with Crippen LogP contribution in [0.25, 0.3) is 0 Å². The maximum atomic E-state index is 11.4. The summed E-state index contributed by atoms with van der Waals surface area (Å²) in [5.41, 5.74) is 0. The van der Waals surface area contributed by atoms with Crippen molar-refractivity contribution in [3.8, 4) is 0 Å². The minimum Gasteiger partial charge on any atom is -0.189 e. The number of alkyl halides is 3. The summed E-state index contributed by atoms with van der Waals surface area (Å²) in [6.45, 7) is 0.115. The largest absolute Gasteiger partial charge is 0.539 e. The van der Waals surface area contributed by atoms with Gasteiger partial charge in [0, 0.05) is 5.41 Å². The van der Waals surface area contributed by atoms with E-state index in [2.05, 4.69) is 10.2 Å². The topological polar surface area (TPSA) is 12.5 Å². The third kappa shape index (κ3) is 2.59. The lowest BCUT2D eigenvalue weighted by molar-refractivity contribution is -0.385. The summed E-state index contributed by atoms with van der Waals surface area (Å²) in [5.74, 6) is 0. The lowest BCUT2D eigenvalue weighted by atomic mass is 10.7. The molecule has 0 unspecified atom stereocenters. The molecule has 0 aromatic rings. The zero-order valence-corrected chi connectivity index (χ0v) is 5.50. The summed E-state index contributed by atoms with van der Waals surface area (Å²) in [5, 5.41) is 2.49. The first-order chi connectivity index (χ1) is 4.58. The van der Waals surface area contributed by atoms with E-state index in [0.29, 0.717) is 4.47 Å². The summed E-state index contributed by atoms with van der Waals surface area (Å²) in [4.78, 5) is 3.50. The zero-order valence-electron chi connectivity index (χ0n) is 4.68. The van der Waals surface area contributed by atoms with Gasteiger partial charge in [0.15, 0.2) is 0 Å². The monoisotopic (exact) mass is 170 g/mol. The molecule has 6 heteroatoms. The summed E-state index contributed by atoms with van der Waals surface area (Å²) in [6.07, 6.45) is -3.14. The van der Waals surface area contributed by atoms with Crippen molar-refractivity contribution in [1.29, 1.82) is 0 Å². The highest BCUT2D eigenvalue weighted by Gasteiger charge is 2.34. The van der Waals surface area contributed by atoms with Crippen molar-refractivity contribution in [3.05, 3.63) is 11.5 Å². The molecule has 0 bridgehead atoms. The lowest BCUT2D eigenvalue weighted by Gasteiger charge is -2.14. The molecule has 0 N–H and O–H groups in total. The van der Waals surface area contributed by atoms with E-state index in [0.717, 1.165) is 11.9 Å². The maximum absolute atomic E-state index is 11.4. The van der Waals surface area contributed by atoms with Crippen LogP contribution in [0.15, 0.2) is 6.08 Å². The van der Waals surface area contributed by atoms with E-state index < -0.39 is 6.36 Å². The fourth-order valence-electron chi connectivity index (χ4n) is 0.416. The molecule has 1 heterocycles. The second-order valence-corrected chi connectivity index (χ2v) is 2.29. The van der Waals surface area contributed by atoms with Gasteiger partial charge in [-0.25, -0.2) is 0 Å². The van der Waals surface area contributed by atoms with Gasteiger partial charge in [0.2, 0.25) is 0 Å². The lowest BCUT2D eigenvalue weighted by Crippen LogP contribution is -2.24. The summed E-state index contributed by atoms with van der Waals surface area (Å²) < 4.78 is 34.9. The highest BCUT2D eigenvalue weighted by molar-refractivity contribution is 7.98. The van der Waals surface area contributed by atoms with Gasteiger partial charge >= 0.3 is 6.36 Å². The molecule has 0 aromatic carbocycles. The molecular weight excluding hydrogens is 167 g/mol. The van der Waals surface area contributed by atoms with E-state index in [1.165, 1.54) is 6.08 Å². The Labute approximate surface area is 59.7 Å². The smallest absolute Gasteiger partial charge is 0.189 e. The SMILES string of the molecule is FC(F)(F)ON1CC=[C]S1. The first-order valence-electron chi connectivity index (χ1n) is 2.35. The Morgan fingerprint density at radius 1 is 1.60 bits per heavy atom. The van der Waals surface area contributed by atoms with Crippen LogP contribution in [-0.4, -0.2) is 17.4 Å². The minimum atomic E-state index is -4.59. The predicted molar refractivity (Wildman–Crippen MR) is 29.2 cm³/mol. The average molecular weight is 170 g/mol. The predicted octanol–water partition coefficient (Wildman–Crippen LogP) is 1.72. The average Bonchev–Trinajstić information content (AvgIpc) is 2.12. The Hall–Kier alpha value is -0.200. The highest BCUT2D eigenvalue weighted by Crippen LogP contribution is 2.25. The van der Waals surface area contributed by atoms with Gasteiger partial charge in [-0.1, -0.05) is 6.08 Å². The molecule has 0 atom stereocenters. The van der Waals surface area contributed by atoms with Crippen LogP contribution >= 0.6 is 11.9 Å². The van der Waals surface area contributed by atoms with Gasteiger partial charge in [-0.2, -0.15) is 4.84 Å². The molecule has 0 saturated heterocycles. The summed E-state index contributed by atoms with van der Waals surface area (Å²) >= 11 is 0.755. The third-order valence-electron chi connectivity index (χ3n) is 0.684.